The fourth-order valence-electron chi connectivity index (χ4n) is 2.96. The zero-order valence-electron chi connectivity index (χ0n) is 14.4. The third kappa shape index (κ3) is 4.11. The lowest BCUT2D eigenvalue weighted by atomic mass is 10.1. The van der Waals surface area contributed by atoms with Gasteiger partial charge in [0, 0.05) is 35.8 Å². The maximum absolute atomic E-state index is 12.4. The Kier molecular flexibility index (Phi) is 5.38. The fourth-order valence-corrected chi connectivity index (χ4v) is 3.09. The maximum Gasteiger partial charge on any atom is 0.227 e. The van der Waals surface area contributed by atoms with Gasteiger partial charge in [0.1, 0.15) is 0 Å². The number of carbonyl (C=O) groups is 3. The number of benzene rings is 2. The van der Waals surface area contributed by atoms with E-state index in [1.807, 2.05) is 12.1 Å². The van der Waals surface area contributed by atoms with E-state index in [0.717, 1.165) is 5.56 Å². The predicted molar refractivity (Wildman–Crippen MR) is 100 cm³/mol. The molecule has 2 aromatic carbocycles. The number of ketones is 1. The summed E-state index contributed by atoms with van der Waals surface area (Å²) in [7, 11) is 0. The third-order valence-electron chi connectivity index (χ3n) is 4.44. The fraction of sp³-hybridized carbons (Fsp3) is 0.250. The average Bonchev–Trinajstić information content (AvgIpc) is 3.03. The minimum atomic E-state index is -0.407. The molecule has 0 aromatic heterocycles. The summed E-state index contributed by atoms with van der Waals surface area (Å²) in [6.45, 7) is 2.19. The van der Waals surface area contributed by atoms with Crippen LogP contribution in [0.1, 0.15) is 29.3 Å². The lowest BCUT2D eigenvalue weighted by Crippen LogP contribution is -2.32. The molecule has 2 aromatic rings. The van der Waals surface area contributed by atoms with Gasteiger partial charge in [-0.25, -0.2) is 0 Å². The summed E-state index contributed by atoms with van der Waals surface area (Å²) >= 11 is 5.85. The van der Waals surface area contributed by atoms with Crippen molar-refractivity contribution in [2.45, 2.75) is 19.9 Å². The molecule has 1 aliphatic rings. The van der Waals surface area contributed by atoms with Crippen molar-refractivity contribution in [3.63, 3.8) is 0 Å². The molecular weight excluding hydrogens is 352 g/mol. The highest BCUT2D eigenvalue weighted by atomic mass is 35.5. The highest BCUT2D eigenvalue weighted by Crippen LogP contribution is 2.26. The minimum Gasteiger partial charge on any atom is -0.352 e. The molecule has 5 nitrogen and oxygen atoms in total. The Morgan fingerprint density at radius 2 is 1.92 bits per heavy atom. The molecule has 6 heteroatoms. The molecule has 0 bridgehead atoms. The Hall–Kier alpha value is -2.66. The van der Waals surface area contributed by atoms with E-state index in [4.69, 9.17) is 11.6 Å². The van der Waals surface area contributed by atoms with Gasteiger partial charge in [-0.2, -0.15) is 0 Å². The first-order chi connectivity index (χ1) is 12.4. The van der Waals surface area contributed by atoms with E-state index in [1.54, 1.807) is 41.3 Å². The average molecular weight is 371 g/mol. The standard InChI is InChI=1S/C20H19ClN2O3/c1-13(24)15-3-2-4-18(9-15)23-12-16(10-19(23)25)20(26)22-11-14-5-7-17(21)8-6-14/h2-9,16H,10-12H2,1H3,(H,22,26). The number of Topliss-reactive ketones (excluding diaryl/α,β-unsaturated/α-hetero) is 1. The van der Waals surface area contributed by atoms with Crippen LogP contribution in [0.25, 0.3) is 0 Å². The Bertz CT molecular complexity index is 848. The van der Waals surface area contributed by atoms with Crippen LogP contribution in [0.3, 0.4) is 0 Å². The molecule has 0 saturated carbocycles. The molecule has 0 aliphatic carbocycles. The second-order valence-corrected chi connectivity index (χ2v) is 6.79. The van der Waals surface area contributed by atoms with Crippen LogP contribution in [-0.4, -0.2) is 24.1 Å². The highest BCUT2D eigenvalue weighted by molar-refractivity contribution is 6.30. The molecule has 0 radical (unpaired) electrons. The van der Waals surface area contributed by atoms with E-state index in [0.29, 0.717) is 29.4 Å². The number of rotatable bonds is 5. The Labute approximate surface area is 156 Å². The lowest BCUT2D eigenvalue weighted by molar-refractivity contribution is -0.126. The zero-order chi connectivity index (χ0) is 18.7. The first-order valence-electron chi connectivity index (χ1n) is 8.37. The molecule has 0 spiro atoms. The first kappa shape index (κ1) is 18.1. The molecule has 1 saturated heterocycles. The van der Waals surface area contributed by atoms with Crippen LogP contribution in [-0.2, 0) is 16.1 Å². The lowest BCUT2D eigenvalue weighted by Gasteiger charge is -2.17. The maximum atomic E-state index is 12.4. The Morgan fingerprint density at radius 3 is 2.62 bits per heavy atom. The third-order valence-corrected chi connectivity index (χ3v) is 4.69. The highest BCUT2D eigenvalue weighted by Gasteiger charge is 2.35. The van der Waals surface area contributed by atoms with Gasteiger partial charge >= 0.3 is 0 Å². The molecular formula is C20H19ClN2O3. The van der Waals surface area contributed by atoms with Crippen molar-refractivity contribution < 1.29 is 14.4 Å². The number of anilines is 1. The predicted octanol–water partition coefficient (Wildman–Crippen LogP) is 3.21. The topological polar surface area (TPSA) is 66.5 Å². The second-order valence-electron chi connectivity index (χ2n) is 6.36. The Morgan fingerprint density at radius 1 is 1.19 bits per heavy atom. The summed E-state index contributed by atoms with van der Waals surface area (Å²) in [4.78, 5) is 37.8. The van der Waals surface area contributed by atoms with Crippen molar-refractivity contribution in [2.24, 2.45) is 5.92 Å². The van der Waals surface area contributed by atoms with Crippen molar-refractivity contribution in [1.82, 2.24) is 5.32 Å². The van der Waals surface area contributed by atoms with Gasteiger partial charge in [-0.1, -0.05) is 35.9 Å². The van der Waals surface area contributed by atoms with Crippen molar-refractivity contribution in [1.29, 1.82) is 0 Å². The van der Waals surface area contributed by atoms with E-state index in [1.165, 1.54) is 6.92 Å². The number of nitrogens with zero attached hydrogens (tertiary/aromatic N) is 1. The summed E-state index contributed by atoms with van der Waals surface area (Å²) in [5.74, 6) is -0.734. The molecule has 26 heavy (non-hydrogen) atoms. The molecule has 2 amide bonds. The normalized spacial score (nSPS) is 16.6. The van der Waals surface area contributed by atoms with Gasteiger partial charge in [0.05, 0.1) is 5.92 Å². The number of amides is 2. The molecule has 1 unspecified atom stereocenters. The second kappa shape index (κ2) is 7.70. The quantitative estimate of drug-likeness (QED) is 0.822. The number of hydrogen-bond donors (Lipinski definition) is 1. The van der Waals surface area contributed by atoms with Gasteiger partial charge in [-0.15, -0.1) is 0 Å². The largest absolute Gasteiger partial charge is 0.352 e. The van der Waals surface area contributed by atoms with E-state index in [-0.39, 0.29) is 24.0 Å². The summed E-state index contributed by atoms with van der Waals surface area (Å²) < 4.78 is 0. The van der Waals surface area contributed by atoms with Gasteiger partial charge in [-0.3, -0.25) is 14.4 Å². The first-order valence-corrected chi connectivity index (χ1v) is 8.75. The molecule has 1 aliphatic heterocycles. The number of nitrogens with one attached hydrogen (secondary N) is 1. The van der Waals surface area contributed by atoms with Gasteiger partial charge in [-0.05, 0) is 36.8 Å². The van der Waals surface area contributed by atoms with Crippen LogP contribution < -0.4 is 10.2 Å². The van der Waals surface area contributed by atoms with Gasteiger partial charge < -0.3 is 10.2 Å². The smallest absolute Gasteiger partial charge is 0.227 e. The van der Waals surface area contributed by atoms with E-state index < -0.39 is 5.92 Å². The molecule has 1 heterocycles. The molecule has 3 rings (SSSR count). The van der Waals surface area contributed by atoms with Crippen molar-refractivity contribution in [3.05, 3.63) is 64.7 Å². The van der Waals surface area contributed by atoms with E-state index in [2.05, 4.69) is 5.32 Å². The summed E-state index contributed by atoms with van der Waals surface area (Å²) in [5.41, 5.74) is 2.14. The monoisotopic (exact) mass is 370 g/mol. The van der Waals surface area contributed by atoms with Crippen LogP contribution in [0.2, 0.25) is 5.02 Å². The summed E-state index contributed by atoms with van der Waals surface area (Å²) in [5, 5.41) is 3.51. The van der Waals surface area contributed by atoms with Crippen LogP contribution in [0.4, 0.5) is 5.69 Å². The zero-order valence-corrected chi connectivity index (χ0v) is 15.1. The van der Waals surface area contributed by atoms with E-state index in [9.17, 15) is 14.4 Å². The minimum absolute atomic E-state index is 0.0595. The summed E-state index contributed by atoms with van der Waals surface area (Å²) in [6, 6.07) is 14.2. The molecule has 134 valence electrons. The number of carbonyl (C=O) groups excluding carboxylic acids is 3. The van der Waals surface area contributed by atoms with Crippen molar-refractivity contribution in [3.8, 4) is 0 Å². The molecule has 1 atom stereocenters. The van der Waals surface area contributed by atoms with Gasteiger partial charge in [0.15, 0.2) is 5.78 Å². The Balaban J connectivity index is 1.63. The van der Waals surface area contributed by atoms with Gasteiger partial charge in [0.2, 0.25) is 11.8 Å². The number of halogens is 1. The molecule has 1 N–H and O–H groups in total. The number of hydrogen-bond acceptors (Lipinski definition) is 3. The van der Waals surface area contributed by atoms with Crippen LogP contribution in [0.15, 0.2) is 48.5 Å². The van der Waals surface area contributed by atoms with Crippen molar-refractivity contribution >= 4 is 34.9 Å². The van der Waals surface area contributed by atoms with Gasteiger partial charge in [0.25, 0.3) is 0 Å². The SMILES string of the molecule is CC(=O)c1cccc(N2CC(C(=O)NCc3ccc(Cl)cc3)CC2=O)c1. The van der Waals surface area contributed by atoms with Crippen LogP contribution in [0.5, 0.6) is 0 Å². The van der Waals surface area contributed by atoms with E-state index >= 15 is 0 Å². The van der Waals surface area contributed by atoms with Crippen LogP contribution >= 0.6 is 11.6 Å². The van der Waals surface area contributed by atoms with Crippen LogP contribution in [0, 0.1) is 5.92 Å². The summed E-state index contributed by atoms with van der Waals surface area (Å²) in [6.07, 6.45) is 0.163. The molecule has 1 fully saturated rings. The van der Waals surface area contributed by atoms with Crippen molar-refractivity contribution in [2.75, 3.05) is 11.4 Å².